The molecule has 1 amide bonds. The van der Waals surface area contributed by atoms with Crippen LogP contribution in [0.15, 0.2) is 52.4 Å². The van der Waals surface area contributed by atoms with E-state index in [1.807, 2.05) is 30.3 Å². The molecule has 1 aliphatic heterocycles. The Morgan fingerprint density at radius 2 is 2.29 bits per heavy atom. The molecular weight excluding hydrogens is 324 g/mol. The number of aromatic nitrogens is 1. The Balaban J connectivity index is 1.60. The first kappa shape index (κ1) is 14.4. The van der Waals surface area contributed by atoms with E-state index in [9.17, 15) is 4.79 Å². The van der Waals surface area contributed by atoms with Crippen LogP contribution in [-0.4, -0.2) is 16.6 Å². The van der Waals surface area contributed by atoms with Crippen LogP contribution in [0.2, 0.25) is 0 Å². The van der Waals surface area contributed by atoms with Crippen molar-refractivity contribution in [3.05, 3.63) is 69.6 Å². The highest BCUT2D eigenvalue weighted by Gasteiger charge is 2.19. The van der Waals surface area contributed by atoms with Crippen LogP contribution in [0, 0.1) is 11.3 Å². The lowest BCUT2D eigenvalue weighted by atomic mass is 10.0. The molecule has 0 aliphatic carbocycles. The first-order chi connectivity index (χ1) is 11.7. The van der Waals surface area contributed by atoms with Gasteiger partial charge >= 0.3 is 0 Å². The van der Waals surface area contributed by atoms with Gasteiger partial charge < -0.3 is 9.73 Å². The molecule has 1 aliphatic rings. The number of aliphatic imine (C=N–C) groups is 1. The molecule has 7 heteroatoms. The maximum Gasteiger partial charge on any atom is 0.267 e. The highest BCUT2D eigenvalue weighted by molar-refractivity contribution is 7.14. The molecule has 6 nitrogen and oxygen atoms in total. The molecule has 0 bridgehead atoms. The number of nitriles is 1. The minimum Gasteiger partial charge on any atom is -0.472 e. The van der Waals surface area contributed by atoms with Crippen LogP contribution in [0.5, 0.6) is 0 Å². The Labute approximate surface area is 141 Å². The van der Waals surface area contributed by atoms with Gasteiger partial charge in [-0.15, -0.1) is 0 Å². The van der Waals surface area contributed by atoms with Crippen LogP contribution < -0.4 is 5.32 Å². The fraction of sp³-hybridized carbons (Fsp3) is 0.0588. The number of furan rings is 1. The molecule has 0 unspecified atom stereocenters. The number of carbonyl (C=O) groups excluding carboxylic acids is 1. The van der Waals surface area contributed by atoms with E-state index >= 15 is 0 Å². The van der Waals surface area contributed by atoms with Gasteiger partial charge in [-0.3, -0.25) is 9.79 Å². The second-order valence-electron chi connectivity index (χ2n) is 5.14. The first-order valence-electron chi connectivity index (χ1n) is 7.12. The van der Waals surface area contributed by atoms with Crippen LogP contribution in [0.4, 0.5) is 5.69 Å². The number of nitrogens with one attached hydrogen (secondary N) is 1. The minimum absolute atomic E-state index is 0.267. The number of thiazole rings is 1. The van der Waals surface area contributed by atoms with Gasteiger partial charge in [0.25, 0.3) is 5.91 Å². The van der Waals surface area contributed by atoms with Gasteiger partial charge in [-0.25, -0.2) is 4.98 Å². The third kappa shape index (κ3) is 2.49. The Hall–Kier alpha value is -3.24. The van der Waals surface area contributed by atoms with E-state index < -0.39 is 0 Å². The fourth-order valence-electron chi connectivity index (χ4n) is 2.53. The molecule has 3 aromatic rings. The van der Waals surface area contributed by atoms with Gasteiger partial charge in [0.05, 0.1) is 31.0 Å². The Morgan fingerprint density at radius 1 is 1.38 bits per heavy atom. The van der Waals surface area contributed by atoms with Crippen molar-refractivity contribution in [3.63, 3.8) is 0 Å². The van der Waals surface area contributed by atoms with Crippen LogP contribution in [0.3, 0.4) is 0 Å². The van der Waals surface area contributed by atoms with E-state index in [0.29, 0.717) is 17.1 Å². The largest absolute Gasteiger partial charge is 0.472 e. The molecule has 0 saturated heterocycles. The van der Waals surface area contributed by atoms with Gasteiger partial charge in [-0.1, -0.05) is 17.4 Å². The van der Waals surface area contributed by atoms with E-state index in [-0.39, 0.29) is 10.9 Å². The van der Waals surface area contributed by atoms with E-state index in [0.717, 1.165) is 33.7 Å². The monoisotopic (exact) mass is 334 g/mol. The summed E-state index contributed by atoms with van der Waals surface area (Å²) in [6.07, 6.45) is 4.67. The molecule has 3 heterocycles. The van der Waals surface area contributed by atoms with Crippen LogP contribution in [-0.2, 0) is 6.54 Å². The summed E-state index contributed by atoms with van der Waals surface area (Å²) in [7, 11) is 0. The van der Waals surface area contributed by atoms with E-state index in [4.69, 9.17) is 9.68 Å². The van der Waals surface area contributed by atoms with E-state index in [2.05, 4.69) is 15.3 Å². The van der Waals surface area contributed by atoms with Crippen molar-refractivity contribution in [2.45, 2.75) is 6.54 Å². The van der Waals surface area contributed by atoms with Gasteiger partial charge in [0.2, 0.25) is 0 Å². The molecule has 1 aromatic carbocycles. The van der Waals surface area contributed by atoms with Crippen molar-refractivity contribution in [1.29, 1.82) is 5.26 Å². The lowest BCUT2D eigenvalue weighted by molar-refractivity contribution is 0.103. The maximum absolute atomic E-state index is 12.3. The van der Waals surface area contributed by atoms with Crippen molar-refractivity contribution in [2.75, 3.05) is 5.32 Å². The molecule has 0 radical (unpaired) electrons. The predicted octanol–water partition coefficient (Wildman–Crippen LogP) is 3.21. The zero-order chi connectivity index (χ0) is 16.5. The number of fused-ring (bicyclic) bond motifs is 1. The molecule has 116 valence electrons. The van der Waals surface area contributed by atoms with Gasteiger partial charge in [0.15, 0.2) is 5.01 Å². The van der Waals surface area contributed by atoms with Crippen molar-refractivity contribution in [2.24, 2.45) is 4.99 Å². The molecule has 0 fully saturated rings. The number of amides is 1. The zero-order valence-electron chi connectivity index (χ0n) is 12.3. The number of anilines is 1. The van der Waals surface area contributed by atoms with Crippen molar-refractivity contribution < 1.29 is 9.21 Å². The predicted molar refractivity (Wildman–Crippen MR) is 89.3 cm³/mol. The average Bonchev–Trinajstić information content (AvgIpc) is 3.33. The topological polar surface area (TPSA) is 91.3 Å². The number of hydrogen-bond donors (Lipinski definition) is 1. The normalized spacial score (nSPS) is 12.4. The Morgan fingerprint density at radius 3 is 3.04 bits per heavy atom. The Kier molecular flexibility index (Phi) is 3.44. The smallest absolute Gasteiger partial charge is 0.267 e. The fourth-order valence-corrected chi connectivity index (χ4v) is 3.14. The third-order valence-corrected chi connectivity index (χ3v) is 4.55. The molecule has 0 atom stereocenters. The summed E-state index contributed by atoms with van der Waals surface area (Å²) < 4.78 is 5.13. The summed E-state index contributed by atoms with van der Waals surface area (Å²) in [6, 6.07) is 9.48. The standard InChI is InChI=1S/C17H10N4O2S/c18-6-15-19-8-14(24-15)17(22)21-12-2-1-10-7-20-16(13(10)5-12)11-3-4-23-9-11/h1-5,8-9H,7H2,(H,21,22). The molecule has 0 saturated carbocycles. The SMILES string of the molecule is N#Cc1ncc(C(=O)Nc2ccc3c(c2)C(c2ccoc2)=NC3)s1. The van der Waals surface area contributed by atoms with E-state index in [1.165, 1.54) is 6.20 Å². The first-order valence-corrected chi connectivity index (χ1v) is 7.94. The van der Waals surface area contributed by atoms with Crippen LogP contribution in [0.25, 0.3) is 0 Å². The molecular formula is C17H10N4O2S. The van der Waals surface area contributed by atoms with Gasteiger partial charge in [-0.05, 0) is 23.8 Å². The van der Waals surface area contributed by atoms with Gasteiger partial charge in [0.1, 0.15) is 10.9 Å². The van der Waals surface area contributed by atoms with Crippen molar-refractivity contribution >= 4 is 28.6 Å². The summed E-state index contributed by atoms with van der Waals surface area (Å²) in [5, 5.41) is 11.9. The van der Waals surface area contributed by atoms with E-state index in [1.54, 1.807) is 12.5 Å². The quantitative estimate of drug-likeness (QED) is 0.796. The summed E-state index contributed by atoms with van der Waals surface area (Å²) in [6.45, 7) is 0.616. The summed E-state index contributed by atoms with van der Waals surface area (Å²) in [4.78, 5) is 21.1. The lowest BCUT2D eigenvalue weighted by Gasteiger charge is -2.07. The summed E-state index contributed by atoms with van der Waals surface area (Å²) in [5.74, 6) is -0.284. The zero-order valence-corrected chi connectivity index (χ0v) is 13.1. The second kappa shape index (κ2) is 5.76. The molecule has 2 aromatic heterocycles. The highest BCUT2D eigenvalue weighted by Crippen LogP contribution is 2.26. The molecule has 4 rings (SSSR count). The lowest BCUT2D eigenvalue weighted by Crippen LogP contribution is -2.11. The number of rotatable bonds is 3. The Bertz CT molecular complexity index is 996. The summed E-state index contributed by atoms with van der Waals surface area (Å²) >= 11 is 1.06. The van der Waals surface area contributed by atoms with Crippen LogP contribution in [0.1, 0.15) is 31.4 Å². The third-order valence-electron chi connectivity index (χ3n) is 3.65. The molecule has 0 spiro atoms. The van der Waals surface area contributed by atoms with Gasteiger partial charge in [-0.2, -0.15) is 5.26 Å². The highest BCUT2D eigenvalue weighted by atomic mass is 32.1. The molecule has 24 heavy (non-hydrogen) atoms. The van der Waals surface area contributed by atoms with Crippen molar-refractivity contribution in [1.82, 2.24) is 4.98 Å². The van der Waals surface area contributed by atoms with Crippen molar-refractivity contribution in [3.8, 4) is 6.07 Å². The number of hydrogen-bond acceptors (Lipinski definition) is 6. The summed E-state index contributed by atoms with van der Waals surface area (Å²) in [5.41, 5.74) is 4.53. The van der Waals surface area contributed by atoms with Crippen LogP contribution >= 0.6 is 11.3 Å². The number of benzene rings is 1. The second-order valence-corrected chi connectivity index (χ2v) is 6.18. The molecule has 1 N–H and O–H groups in total. The number of nitrogens with zero attached hydrogens (tertiary/aromatic N) is 3. The maximum atomic E-state index is 12.3. The number of carbonyl (C=O) groups is 1. The average molecular weight is 334 g/mol. The van der Waals surface area contributed by atoms with Gasteiger partial charge in [0, 0.05) is 16.8 Å². The minimum atomic E-state index is -0.284.